The van der Waals surface area contributed by atoms with Crippen LogP contribution >= 0.6 is 11.6 Å². The molecular formula is C11H17ClN2O2S. The van der Waals surface area contributed by atoms with Gasteiger partial charge >= 0.3 is 0 Å². The van der Waals surface area contributed by atoms with Crippen LogP contribution in [-0.4, -0.2) is 22.0 Å². The van der Waals surface area contributed by atoms with Crippen molar-refractivity contribution < 1.29 is 8.42 Å². The minimum atomic E-state index is -3.42. The van der Waals surface area contributed by atoms with Crippen molar-refractivity contribution in [2.45, 2.75) is 24.8 Å². The SMILES string of the molecule is CCCNCc1ccc(S(=O)(=O)NC)cc1Cl. The second kappa shape index (κ2) is 6.35. The first-order valence-electron chi connectivity index (χ1n) is 5.44. The lowest BCUT2D eigenvalue weighted by Gasteiger charge is -2.08. The quantitative estimate of drug-likeness (QED) is 0.779. The minimum Gasteiger partial charge on any atom is -0.313 e. The van der Waals surface area contributed by atoms with Crippen LogP contribution in [0.4, 0.5) is 0 Å². The van der Waals surface area contributed by atoms with Gasteiger partial charge in [-0.05, 0) is 37.7 Å². The fourth-order valence-corrected chi connectivity index (χ4v) is 2.42. The first kappa shape index (κ1) is 14.4. The third-order valence-corrected chi connectivity index (χ3v) is 4.11. The third kappa shape index (κ3) is 3.96. The van der Waals surface area contributed by atoms with Crippen molar-refractivity contribution in [1.82, 2.24) is 10.0 Å². The lowest BCUT2D eigenvalue weighted by atomic mass is 10.2. The fraction of sp³-hybridized carbons (Fsp3) is 0.455. The molecule has 0 unspecified atom stereocenters. The zero-order valence-electron chi connectivity index (χ0n) is 9.96. The van der Waals surface area contributed by atoms with E-state index in [-0.39, 0.29) is 4.90 Å². The zero-order chi connectivity index (χ0) is 12.9. The van der Waals surface area contributed by atoms with E-state index in [0.717, 1.165) is 18.5 Å². The smallest absolute Gasteiger partial charge is 0.240 e. The molecule has 96 valence electrons. The van der Waals surface area contributed by atoms with Gasteiger partial charge in [-0.15, -0.1) is 0 Å². The number of benzene rings is 1. The average Bonchev–Trinajstić information content (AvgIpc) is 2.31. The monoisotopic (exact) mass is 276 g/mol. The number of sulfonamides is 1. The van der Waals surface area contributed by atoms with Crippen molar-refractivity contribution >= 4 is 21.6 Å². The van der Waals surface area contributed by atoms with Gasteiger partial charge < -0.3 is 5.32 Å². The summed E-state index contributed by atoms with van der Waals surface area (Å²) in [4.78, 5) is 0.184. The molecule has 0 atom stereocenters. The zero-order valence-corrected chi connectivity index (χ0v) is 11.5. The third-order valence-electron chi connectivity index (χ3n) is 2.35. The summed E-state index contributed by atoms with van der Waals surface area (Å²) >= 11 is 6.04. The van der Waals surface area contributed by atoms with E-state index in [1.807, 2.05) is 0 Å². The molecule has 0 fully saturated rings. The summed E-state index contributed by atoms with van der Waals surface area (Å²) in [6.45, 7) is 3.64. The molecule has 1 rings (SSSR count). The molecule has 1 aromatic carbocycles. The molecule has 0 spiro atoms. The van der Waals surface area contributed by atoms with Gasteiger partial charge in [-0.1, -0.05) is 24.6 Å². The van der Waals surface area contributed by atoms with E-state index in [0.29, 0.717) is 11.6 Å². The molecule has 17 heavy (non-hydrogen) atoms. The highest BCUT2D eigenvalue weighted by atomic mass is 35.5. The van der Waals surface area contributed by atoms with Gasteiger partial charge in [0.15, 0.2) is 0 Å². The molecular weight excluding hydrogens is 260 g/mol. The van der Waals surface area contributed by atoms with Crippen LogP contribution in [0.25, 0.3) is 0 Å². The van der Waals surface area contributed by atoms with Gasteiger partial charge in [0.25, 0.3) is 0 Å². The molecule has 0 aliphatic heterocycles. The van der Waals surface area contributed by atoms with Gasteiger partial charge in [-0.3, -0.25) is 0 Å². The van der Waals surface area contributed by atoms with E-state index in [9.17, 15) is 8.42 Å². The van der Waals surface area contributed by atoms with E-state index in [1.54, 1.807) is 12.1 Å². The van der Waals surface area contributed by atoms with Gasteiger partial charge in [0, 0.05) is 11.6 Å². The largest absolute Gasteiger partial charge is 0.313 e. The van der Waals surface area contributed by atoms with Crippen molar-refractivity contribution in [3.05, 3.63) is 28.8 Å². The number of hydrogen-bond donors (Lipinski definition) is 2. The summed E-state index contributed by atoms with van der Waals surface area (Å²) in [5.74, 6) is 0. The van der Waals surface area contributed by atoms with Crippen LogP contribution in [0.15, 0.2) is 23.1 Å². The summed E-state index contributed by atoms with van der Waals surface area (Å²) in [5.41, 5.74) is 0.898. The van der Waals surface area contributed by atoms with E-state index >= 15 is 0 Å². The molecule has 0 aliphatic rings. The molecule has 0 aromatic heterocycles. The van der Waals surface area contributed by atoms with Crippen molar-refractivity contribution in [2.24, 2.45) is 0 Å². The summed E-state index contributed by atoms with van der Waals surface area (Å²) in [7, 11) is -2.04. The van der Waals surface area contributed by atoms with Gasteiger partial charge in [-0.2, -0.15) is 0 Å². The predicted molar refractivity (Wildman–Crippen MR) is 69.7 cm³/mol. The first-order valence-corrected chi connectivity index (χ1v) is 7.30. The molecule has 6 heteroatoms. The highest BCUT2D eigenvalue weighted by molar-refractivity contribution is 7.89. The summed E-state index contributed by atoms with van der Waals surface area (Å²) in [6.07, 6.45) is 1.05. The Morgan fingerprint density at radius 1 is 1.35 bits per heavy atom. The van der Waals surface area contributed by atoms with Crippen molar-refractivity contribution in [1.29, 1.82) is 0 Å². The Hall–Kier alpha value is -0.620. The minimum absolute atomic E-state index is 0.184. The molecule has 0 radical (unpaired) electrons. The molecule has 0 saturated heterocycles. The van der Waals surface area contributed by atoms with Crippen LogP contribution < -0.4 is 10.0 Å². The first-order chi connectivity index (χ1) is 8.01. The Labute approximate surface area is 107 Å². The van der Waals surface area contributed by atoms with Crippen LogP contribution in [0, 0.1) is 0 Å². The van der Waals surface area contributed by atoms with E-state index in [2.05, 4.69) is 17.0 Å². The van der Waals surface area contributed by atoms with Crippen LogP contribution in [0.1, 0.15) is 18.9 Å². The molecule has 2 N–H and O–H groups in total. The Balaban J connectivity index is 2.87. The molecule has 4 nitrogen and oxygen atoms in total. The van der Waals surface area contributed by atoms with E-state index < -0.39 is 10.0 Å². The summed E-state index contributed by atoms with van der Waals surface area (Å²) < 4.78 is 25.3. The van der Waals surface area contributed by atoms with Crippen LogP contribution in [0.2, 0.25) is 5.02 Å². The van der Waals surface area contributed by atoms with Gasteiger partial charge in [-0.25, -0.2) is 13.1 Å². The number of halogens is 1. The van der Waals surface area contributed by atoms with Gasteiger partial charge in [0.1, 0.15) is 0 Å². The highest BCUT2D eigenvalue weighted by Crippen LogP contribution is 2.20. The molecule has 1 aromatic rings. The van der Waals surface area contributed by atoms with Crippen molar-refractivity contribution in [3.8, 4) is 0 Å². The average molecular weight is 277 g/mol. The molecule has 0 aliphatic carbocycles. The standard InChI is InChI=1S/C11H17ClN2O2S/c1-3-6-14-8-9-4-5-10(7-11(9)12)17(15,16)13-2/h4-5,7,13-14H,3,6,8H2,1-2H3. The van der Waals surface area contributed by atoms with E-state index in [1.165, 1.54) is 13.1 Å². The van der Waals surface area contributed by atoms with Crippen molar-refractivity contribution in [3.63, 3.8) is 0 Å². The normalized spacial score (nSPS) is 11.7. The number of hydrogen-bond acceptors (Lipinski definition) is 3. The molecule has 0 heterocycles. The Bertz CT molecular complexity index is 474. The summed E-state index contributed by atoms with van der Waals surface area (Å²) in [5, 5.41) is 3.68. The van der Waals surface area contributed by atoms with Crippen LogP contribution in [0.5, 0.6) is 0 Å². The Kier molecular flexibility index (Phi) is 5.39. The second-order valence-corrected chi connectivity index (χ2v) is 5.93. The molecule has 0 saturated carbocycles. The van der Waals surface area contributed by atoms with Gasteiger partial charge in [0.2, 0.25) is 10.0 Å². The van der Waals surface area contributed by atoms with Crippen LogP contribution in [0.3, 0.4) is 0 Å². The molecule has 0 bridgehead atoms. The molecule has 0 amide bonds. The van der Waals surface area contributed by atoms with E-state index in [4.69, 9.17) is 11.6 Å². The lowest BCUT2D eigenvalue weighted by Crippen LogP contribution is -2.19. The lowest BCUT2D eigenvalue weighted by molar-refractivity contribution is 0.588. The maximum absolute atomic E-state index is 11.5. The number of rotatable bonds is 6. The Morgan fingerprint density at radius 2 is 2.06 bits per heavy atom. The fourth-order valence-electron chi connectivity index (χ4n) is 1.36. The highest BCUT2D eigenvalue weighted by Gasteiger charge is 2.12. The maximum atomic E-state index is 11.5. The maximum Gasteiger partial charge on any atom is 0.240 e. The topological polar surface area (TPSA) is 58.2 Å². The van der Waals surface area contributed by atoms with Crippen LogP contribution in [-0.2, 0) is 16.6 Å². The second-order valence-electron chi connectivity index (χ2n) is 3.64. The van der Waals surface area contributed by atoms with Crippen molar-refractivity contribution in [2.75, 3.05) is 13.6 Å². The predicted octanol–water partition coefficient (Wildman–Crippen LogP) is 1.75. The number of nitrogens with one attached hydrogen (secondary N) is 2. The van der Waals surface area contributed by atoms with Gasteiger partial charge in [0.05, 0.1) is 4.90 Å². The Morgan fingerprint density at radius 3 is 2.59 bits per heavy atom. The summed E-state index contributed by atoms with van der Waals surface area (Å²) in [6, 6.07) is 4.76.